The van der Waals surface area contributed by atoms with E-state index >= 15 is 0 Å². The first-order chi connectivity index (χ1) is 15.8. The first-order valence-electron chi connectivity index (χ1n) is 10.5. The van der Waals surface area contributed by atoms with E-state index in [1.165, 1.54) is 23.5 Å². The van der Waals surface area contributed by atoms with Crippen molar-refractivity contribution in [3.63, 3.8) is 0 Å². The van der Waals surface area contributed by atoms with Gasteiger partial charge in [-0.3, -0.25) is 14.6 Å². The quantitative estimate of drug-likeness (QED) is 0.467. The van der Waals surface area contributed by atoms with Crippen molar-refractivity contribution in [3.8, 4) is 0 Å². The summed E-state index contributed by atoms with van der Waals surface area (Å²) in [7, 11) is 4.00. The van der Waals surface area contributed by atoms with Crippen LogP contribution >= 0.6 is 11.3 Å². The maximum atomic E-state index is 13.7. The number of halogens is 1. The Kier molecular flexibility index (Phi) is 6.67. The molecule has 0 radical (unpaired) electrons. The molecule has 2 aromatic carbocycles. The molecule has 4 rings (SSSR count). The number of anilines is 1. The molecule has 2 heterocycles. The molecule has 0 aliphatic carbocycles. The van der Waals surface area contributed by atoms with E-state index in [0.29, 0.717) is 29.1 Å². The molecule has 0 saturated heterocycles. The molecule has 170 valence electrons. The maximum Gasteiger partial charge on any atom is 0.303 e. The lowest BCUT2D eigenvalue weighted by Crippen LogP contribution is -2.21. The van der Waals surface area contributed by atoms with E-state index in [1.807, 2.05) is 49.8 Å². The van der Waals surface area contributed by atoms with E-state index in [9.17, 15) is 14.0 Å². The molecule has 1 atom stereocenters. The molecule has 1 aliphatic rings. The molecule has 33 heavy (non-hydrogen) atoms. The number of aliphatic imine (C=N–C) groups is 1. The van der Waals surface area contributed by atoms with Crippen molar-refractivity contribution in [3.05, 3.63) is 81.3 Å². The molecular formula is C25H24FN3O3S. The molecule has 1 amide bonds. The van der Waals surface area contributed by atoms with Crippen LogP contribution in [0, 0.1) is 5.82 Å². The smallest absolute Gasteiger partial charge is 0.303 e. The second-order valence-corrected chi connectivity index (χ2v) is 9.18. The van der Waals surface area contributed by atoms with Crippen LogP contribution in [0.5, 0.6) is 0 Å². The van der Waals surface area contributed by atoms with Gasteiger partial charge in [0.05, 0.1) is 11.4 Å². The highest BCUT2D eigenvalue weighted by Gasteiger charge is 2.36. The number of carboxylic acids is 1. The van der Waals surface area contributed by atoms with Crippen molar-refractivity contribution in [2.24, 2.45) is 4.99 Å². The van der Waals surface area contributed by atoms with Gasteiger partial charge in [-0.2, -0.15) is 0 Å². The van der Waals surface area contributed by atoms with Crippen molar-refractivity contribution in [1.82, 2.24) is 4.90 Å². The lowest BCUT2D eigenvalue weighted by molar-refractivity contribution is -0.137. The Morgan fingerprint density at radius 1 is 1.15 bits per heavy atom. The SMILES string of the molecule is CN(C)Cc1ccc(N=C(c2cc(CCC(=O)O)cs2)C2C(=O)Nc3cc(F)ccc32)cc1. The van der Waals surface area contributed by atoms with Crippen molar-refractivity contribution < 1.29 is 19.1 Å². The molecule has 2 N–H and O–H groups in total. The summed E-state index contributed by atoms with van der Waals surface area (Å²) in [6.45, 7) is 0.804. The summed E-state index contributed by atoms with van der Waals surface area (Å²) in [5.74, 6) is -2.23. The van der Waals surface area contributed by atoms with Crippen LogP contribution < -0.4 is 5.32 Å². The summed E-state index contributed by atoms with van der Waals surface area (Å²) in [5, 5.41) is 13.7. The summed E-state index contributed by atoms with van der Waals surface area (Å²) in [4.78, 5) is 31.6. The monoisotopic (exact) mass is 465 g/mol. The molecule has 3 aromatic rings. The zero-order valence-corrected chi connectivity index (χ0v) is 19.2. The van der Waals surface area contributed by atoms with Gasteiger partial charge in [0.2, 0.25) is 5.91 Å². The third-order valence-electron chi connectivity index (χ3n) is 5.34. The highest BCUT2D eigenvalue weighted by molar-refractivity contribution is 7.12. The summed E-state index contributed by atoms with van der Waals surface area (Å²) in [6.07, 6.45) is 0.430. The van der Waals surface area contributed by atoms with Crippen molar-refractivity contribution in [1.29, 1.82) is 0 Å². The van der Waals surface area contributed by atoms with E-state index in [-0.39, 0.29) is 12.3 Å². The number of nitrogens with one attached hydrogen (secondary N) is 1. The fraction of sp³-hybridized carbons (Fsp3) is 0.240. The molecule has 8 heteroatoms. The molecule has 1 unspecified atom stereocenters. The first kappa shape index (κ1) is 22.8. The summed E-state index contributed by atoms with van der Waals surface area (Å²) < 4.78 is 13.7. The van der Waals surface area contributed by atoms with Crippen molar-refractivity contribution >= 4 is 40.3 Å². The van der Waals surface area contributed by atoms with Gasteiger partial charge in [-0.15, -0.1) is 11.3 Å². The molecule has 1 aliphatic heterocycles. The largest absolute Gasteiger partial charge is 0.481 e. The van der Waals surface area contributed by atoms with Gasteiger partial charge in [0, 0.05) is 23.5 Å². The lowest BCUT2D eigenvalue weighted by Gasteiger charge is -2.13. The van der Waals surface area contributed by atoms with E-state index in [4.69, 9.17) is 10.1 Å². The average Bonchev–Trinajstić information content (AvgIpc) is 3.35. The van der Waals surface area contributed by atoms with Crippen LogP contribution in [-0.2, 0) is 22.6 Å². The van der Waals surface area contributed by atoms with Gasteiger partial charge in [0.25, 0.3) is 0 Å². The zero-order valence-electron chi connectivity index (χ0n) is 18.3. The number of carboxylic acid groups (broad SMARTS) is 1. The summed E-state index contributed by atoms with van der Waals surface area (Å²) >= 11 is 1.42. The van der Waals surface area contributed by atoms with Gasteiger partial charge >= 0.3 is 5.97 Å². The minimum atomic E-state index is -0.861. The Balaban J connectivity index is 1.74. The van der Waals surface area contributed by atoms with Crippen LogP contribution in [0.2, 0.25) is 0 Å². The number of carbonyl (C=O) groups is 2. The number of hydrogen-bond acceptors (Lipinski definition) is 5. The summed E-state index contributed by atoms with van der Waals surface area (Å²) in [6, 6.07) is 14.0. The number of aliphatic carboxylic acids is 1. The topological polar surface area (TPSA) is 82.0 Å². The summed E-state index contributed by atoms with van der Waals surface area (Å²) in [5.41, 5.74) is 4.41. The number of thiophene rings is 1. The van der Waals surface area contributed by atoms with E-state index in [0.717, 1.165) is 22.5 Å². The second kappa shape index (κ2) is 9.64. The van der Waals surface area contributed by atoms with Gasteiger partial charge in [-0.25, -0.2) is 4.39 Å². The van der Waals surface area contributed by atoms with E-state index in [2.05, 4.69) is 10.2 Å². The lowest BCUT2D eigenvalue weighted by atomic mass is 9.93. The van der Waals surface area contributed by atoms with Crippen LogP contribution in [0.4, 0.5) is 15.8 Å². The number of rotatable bonds is 8. The fourth-order valence-corrected chi connectivity index (χ4v) is 4.81. The minimum absolute atomic E-state index is 0.0298. The number of benzene rings is 2. The van der Waals surface area contributed by atoms with Crippen LogP contribution in [0.3, 0.4) is 0 Å². The Morgan fingerprint density at radius 2 is 1.91 bits per heavy atom. The van der Waals surface area contributed by atoms with Gasteiger partial charge in [-0.05, 0) is 72.9 Å². The molecule has 6 nitrogen and oxygen atoms in total. The molecule has 0 spiro atoms. The van der Waals surface area contributed by atoms with E-state index in [1.54, 1.807) is 6.07 Å². The number of nitrogens with zero attached hydrogens (tertiary/aromatic N) is 2. The maximum absolute atomic E-state index is 13.7. The first-order valence-corrected chi connectivity index (χ1v) is 11.4. The van der Waals surface area contributed by atoms with Gasteiger partial charge in [-0.1, -0.05) is 18.2 Å². The number of aryl methyl sites for hydroxylation is 1. The molecular weight excluding hydrogens is 441 g/mol. The molecule has 0 fully saturated rings. The zero-order chi connectivity index (χ0) is 23.5. The number of fused-ring (bicyclic) bond motifs is 1. The van der Waals surface area contributed by atoms with Crippen LogP contribution in [0.1, 0.15) is 33.9 Å². The van der Waals surface area contributed by atoms with Gasteiger partial charge < -0.3 is 15.3 Å². The number of carbonyl (C=O) groups excluding carboxylic acids is 1. The third kappa shape index (κ3) is 5.35. The van der Waals surface area contributed by atoms with Gasteiger partial charge in [0.1, 0.15) is 11.7 Å². The number of hydrogen-bond donors (Lipinski definition) is 2. The molecule has 1 aromatic heterocycles. The predicted octanol–water partition coefficient (Wildman–Crippen LogP) is 4.82. The molecule has 0 bridgehead atoms. The highest BCUT2D eigenvalue weighted by atomic mass is 32.1. The van der Waals surface area contributed by atoms with E-state index < -0.39 is 17.7 Å². The van der Waals surface area contributed by atoms with Crippen LogP contribution in [-0.4, -0.2) is 41.7 Å². The predicted molar refractivity (Wildman–Crippen MR) is 128 cm³/mol. The third-order valence-corrected chi connectivity index (χ3v) is 6.34. The standard InChI is InChI=1S/C25H24FN3O3S/c1-29(2)13-15-3-7-18(8-4-15)27-24(21-11-16(14-33-21)5-10-22(30)31)23-19-9-6-17(26)12-20(19)28-25(23)32/h3-4,6-9,11-12,14,23H,5,10,13H2,1-2H3,(H,28,32)(H,30,31). The second-order valence-electron chi connectivity index (χ2n) is 8.27. The Morgan fingerprint density at radius 3 is 2.61 bits per heavy atom. The molecule has 0 saturated carbocycles. The van der Waals surface area contributed by atoms with Gasteiger partial charge in [0.15, 0.2) is 0 Å². The Labute approximate surface area is 195 Å². The fourth-order valence-electron chi connectivity index (χ4n) is 3.84. The normalized spacial score (nSPS) is 15.6. The van der Waals surface area contributed by atoms with Crippen LogP contribution in [0.15, 0.2) is 58.9 Å². The highest BCUT2D eigenvalue weighted by Crippen LogP contribution is 2.38. The average molecular weight is 466 g/mol. The van der Waals surface area contributed by atoms with Crippen molar-refractivity contribution in [2.75, 3.05) is 19.4 Å². The van der Waals surface area contributed by atoms with Crippen LogP contribution in [0.25, 0.3) is 0 Å². The minimum Gasteiger partial charge on any atom is -0.481 e. The number of amides is 1. The van der Waals surface area contributed by atoms with Crippen molar-refractivity contribution in [2.45, 2.75) is 25.3 Å². The Hall–Kier alpha value is -3.36. The Bertz CT molecular complexity index is 1220.